The molecule has 1 aromatic heterocycles. The highest BCUT2D eigenvalue weighted by Crippen LogP contribution is 2.46. The largest absolute Gasteiger partial charge is 0.481 e. The minimum Gasteiger partial charge on any atom is -0.481 e. The van der Waals surface area contributed by atoms with E-state index in [9.17, 15) is 14.7 Å². The summed E-state index contributed by atoms with van der Waals surface area (Å²) in [4.78, 5) is 25.4. The van der Waals surface area contributed by atoms with E-state index in [1.807, 2.05) is 0 Å². The van der Waals surface area contributed by atoms with Crippen molar-refractivity contribution in [2.45, 2.75) is 31.1 Å². The third-order valence-corrected chi connectivity index (χ3v) is 7.21. The Hall–Kier alpha value is -2.45. The maximum Gasteiger partial charge on any atom is 0.312 e. The molecule has 2 aliphatic rings. The van der Waals surface area contributed by atoms with Gasteiger partial charge in [0.15, 0.2) is 5.81 Å². The number of carbonyl (C=O) groups excluding carboxylic acids is 1. The van der Waals surface area contributed by atoms with Crippen molar-refractivity contribution >= 4 is 42.2 Å². The van der Waals surface area contributed by atoms with Crippen molar-refractivity contribution in [3.63, 3.8) is 0 Å². The summed E-state index contributed by atoms with van der Waals surface area (Å²) in [5.41, 5.74) is 3.36. The van der Waals surface area contributed by atoms with E-state index >= 15 is 0 Å². The first-order valence-corrected chi connectivity index (χ1v) is 11.1. The molecule has 1 spiro atoms. The molecule has 4 rings (SSSR count). The number of amides is 1. The Morgan fingerprint density at radius 1 is 1.43 bits per heavy atom. The van der Waals surface area contributed by atoms with E-state index in [1.165, 1.54) is 19.0 Å². The van der Waals surface area contributed by atoms with Crippen LogP contribution in [-0.2, 0) is 10.2 Å². The molecular weight excluding hydrogens is 397 g/mol. The van der Waals surface area contributed by atoms with Gasteiger partial charge in [-0.3, -0.25) is 9.59 Å². The van der Waals surface area contributed by atoms with E-state index in [4.69, 9.17) is 0 Å². The highest BCUT2D eigenvalue weighted by Gasteiger charge is 2.43. The van der Waals surface area contributed by atoms with Crippen LogP contribution in [0.4, 0.5) is 9.80 Å². The van der Waals surface area contributed by atoms with Crippen molar-refractivity contribution in [1.29, 1.82) is 0 Å². The fraction of sp³-hybridized carbons (Fsp3) is 0.409. The fourth-order valence-corrected chi connectivity index (χ4v) is 5.62. The molecule has 2 heterocycles. The van der Waals surface area contributed by atoms with Gasteiger partial charge in [-0.2, -0.15) is 4.37 Å². The van der Waals surface area contributed by atoms with Crippen molar-refractivity contribution < 1.29 is 14.7 Å². The van der Waals surface area contributed by atoms with Crippen LogP contribution in [0, 0.1) is 5.92 Å². The van der Waals surface area contributed by atoms with E-state index in [2.05, 4.69) is 57.9 Å². The summed E-state index contributed by atoms with van der Waals surface area (Å²) in [6.45, 7) is 4.91. The van der Waals surface area contributed by atoms with Gasteiger partial charge in [0, 0.05) is 12.0 Å². The lowest BCUT2D eigenvalue weighted by Crippen LogP contribution is -2.47. The van der Waals surface area contributed by atoms with Gasteiger partial charge in [-0.1, -0.05) is 43.3 Å². The molecule has 8 heteroatoms. The molecule has 2 N–H and O–H groups in total. The average molecular weight is 423 g/mol. The van der Waals surface area contributed by atoms with Gasteiger partial charge in [-0.05, 0) is 60.6 Å². The van der Waals surface area contributed by atoms with Crippen molar-refractivity contribution in [2.75, 3.05) is 25.0 Å². The first-order chi connectivity index (χ1) is 14.4. The minimum absolute atomic E-state index is 0.0987. The van der Waals surface area contributed by atoms with Gasteiger partial charge in [0.25, 0.3) is 0 Å². The molecule has 2 aromatic rings. The Morgan fingerprint density at radius 2 is 2.23 bits per heavy atom. The van der Waals surface area contributed by atoms with Gasteiger partial charge in [0.05, 0.1) is 5.69 Å². The molecule has 1 aliphatic carbocycles. The van der Waals surface area contributed by atoms with Crippen LogP contribution in [0.25, 0.3) is 6.08 Å². The minimum atomic E-state index is -0.871. The van der Waals surface area contributed by atoms with Crippen LogP contribution in [-0.4, -0.2) is 53.6 Å². The Bertz CT molecular complexity index is 992. The molecular formula is C22H26BN3O3S. The summed E-state index contributed by atoms with van der Waals surface area (Å²) >= 11 is 1.13. The number of hydrogen-bond acceptors (Lipinski definition) is 5. The van der Waals surface area contributed by atoms with Crippen molar-refractivity contribution in [3.05, 3.63) is 53.2 Å². The molecule has 0 bridgehead atoms. The number of allylic oxidation sites excluding steroid dienone is 1. The fourth-order valence-electron chi connectivity index (χ4n) is 4.87. The molecule has 30 heavy (non-hydrogen) atoms. The molecule has 1 amide bonds. The van der Waals surface area contributed by atoms with E-state index in [0.29, 0.717) is 23.0 Å². The van der Waals surface area contributed by atoms with E-state index in [0.717, 1.165) is 37.6 Å². The Morgan fingerprint density at radius 3 is 2.97 bits per heavy atom. The standard InChI is InChI=1S/C22H26BN3O3S/c1-14-13-26(11-9-22(14)8-6-15-4-2-3-5-17(15)22)10-7-16(20(27)28)18-12-19(30-25-18)24-21(23)29/h2-6,8,12,14,16H,7,9-11,13,23H2,1H3,(H,24,29)(H,27,28)/t14-,16?,22-/m0/s1. The zero-order valence-corrected chi connectivity index (χ0v) is 18.1. The molecule has 0 radical (unpaired) electrons. The third-order valence-electron chi connectivity index (χ3n) is 6.49. The highest BCUT2D eigenvalue weighted by atomic mass is 32.1. The number of carboxylic acid groups (broad SMARTS) is 1. The number of piperidine rings is 1. The van der Waals surface area contributed by atoms with Crippen molar-refractivity contribution in [2.24, 2.45) is 5.92 Å². The zero-order valence-electron chi connectivity index (χ0n) is 17.3. The summed E-state index contributed by atoms with van der Waals surface area (Å²) < 4.78 is 4.27. The van der Waals surface area contributed by atoms with Crippen LogP contribution in [0.15, 0.2) is 36.4 Å². The van der Waals surface area contributed by atoms with Crippen LogP contribution in [0.2, 0.25) is 0 Å². The summed E-state index contributed by atoms with van der Waals surface area (Å²) in [5.74, 6) is -1.26. The van der Waals surface area contributed by atoms with Gasteiger partial charge < -0.3 is 15.3 Å². The number of carboxylic acids is 1. The van der Waals surface area contributed by atoms with Gasteiger partial charge in [-0.15, -0.1) is 0 Å². The summed E-state index contributed by atoms with van der Waals surface area (Å²) in [5, 5.41) is 13.0. The number of fused-ring (bicyclic) bond motifs is 2. The van der Waals surface area contributed by atoms with Gasteiger partial charge >= 0.3 is 5.97 Å². The highest BCUT2D eigenvalue weighted by molar-refractivity contribution is 7.10. The lowest BCUT2D eigenvalue weighted by atomic mass is 9.68. The molecule has 1 saturated heterocycles. The van der Waals surface area contributed by atoms with Gasteiger partial charge in [-0.25, -0.2) is 0 Å². The number of aromatic nitrogens is 1. The number of nitrogens with one attached hydrogen (secondary N) is 1. The monoisotopic (exact) mass is 423 g/mol. The van der Waals surface area contributed by atoms with Crippen LogP contribution in [0.3, 0.4) is 0 Å². The van der Waals surface area contributed by atoms with Crippen LogP contribution in [0.1, 0.15) is 42.5 Å². The third kappa shape index (κ3) is 3.94. The van der Waals surface area contributed by atoms with E-state index in [1.54, 1.807) is 6.07 Å². The SMILES string of the molecule is BC(=O)Nc1cc(C(CCN2CC[C@@]3(C=Cc4ccccc43)[C@@H](C)C2)C(=O)O)ns1. The second kappa shape index (κ2) is 8.36. The average Bonchev–Trinajstić information content (AvgIpc) is 3.30. The lowest BCUT2D eigenvalue weighted by molar-refractivity contribution is -0.139. The Balaban J connectivity index is 1.40. The normalized spacial score (nSPS) is 24.0. The first-order valence-electron chi connectivity index (χ1n) is 10.4. The number of benzene rings is 1. The van der Waals surface area contributed by atoms with Gasteiger partial charge in [0.2, 0.25) is 7.85 Å². The molecule has 156 valence electrons. The van der Waals surface area contributed by atoms with Crippen molar-refractivity contribution in [1.82, 2.24) is 9.27 Å². The second-order valence-corrected chi connectivity index (χ2v) is 9.19. The molecule has 1 aromatic carbocycles. The number of hydrogen-bond donors (Lipinski definition) is 2. The number of nitrogens with zero attached hydrogens (tertiary/aromatic N) is 2. The maximum absolute atomic E-state index is 11.9. The number of likely N-dealkylation sites (tertiary alicyclic amines) is 1. The number of aliphatic carboxylic acids is 1. The summed E-state index contributed by atoms with van der Waals surface area (Å²) in [7, 11) is 1.43. The summed E-state index contributed by atoms with van der Waals surface area (Å²) in [6, 6.07) is 10.3. The Kier molecular flexibility index (Phi) is 5.80. The predicted molar refractivity (Wildman–Crippen MR) is 122 cm³/mol. The predicted octanol–water partition coefficient (Wildman–Crippen LogP) is 3.17. The van der Waals surface area contributed by atoms with Crippen LogP contribution >= 0.6 is 11.5 Å². The van der Waals surface area contributed by atoms with E-state index < -0.39 is 11.9 Å². The molecule has 3 atom stereocenters. The van der Waals surface area contributed by atoms with Crippen LogP contribution in [0.5, 0.6) is 0 Å². The molecule has 6 nitrogen and oxygen atoms in total. The topological polar surface area (TPSA) is 82.5 Å². The number of anilines is 1. The first kappa shape index (κ1) is 20.8. The maximum atomic E-state index is 11.9. The van der Waals surface area contributed by atoms with E-state index in [-0.39, 0.29) is 11.2 Å². The molecule has 1 aliphatic heterocycles. The van der Waals surface area contributed by atoms with Crippen molar-refractivity contribution in [3.8, 4) is 0 Å². The quantitative estimate of drug-likeness (QED) is 0.698. The lowest BCUT2D eigenvalue weighted by Gasteiger charge is -2.44. The molecule has 1 unspecified atom stereocenters. The second-order valence-electron chi connectivity index (χ2n) is 8.39. The summed E-state index contributed by atoms with van der Waals surface area (Å²) in [6.07, 6.45) is 6.17. The Labute approximate surface area is 181 Å². The zero-order chi connectivity index (χ0) is 21.3. The molecule has 0 saturated carbocycles. The molecule has 1 fully saturated rings. The van der Waals surface area contributed by atoms with Crippen LogP contribution < -0.4 is 5.32 Å². The van der Waals surface area contributed by atoms with Gasteiger partial charge in [0.1, 0.15) is 10.9 Å². The number of rotatable bonds is 6. The smallest absolute Gasteiger partial charge is 0.312 e. The number of carbonyl (C=O) groups is 2.